The Morgan fingerprint density at radius 2 is 1.78 bits per heavy atom. The first-order chi connectivity index (χ1) is 17.4. The number of rotatable bonds is 6. The van der Waals surface area contributed by atoms with Crippen molar-refractivity contribution < 1.29 is 9.84 Å². The molecule has 0 saturated heterocycles. The maximum atomic E-state index is 12.4. The summed E-state index contributed by atoms with van der Waals surface area (Å²) in [6.07, 6.45) is 8.80. The van der Waals surface area contributed by atoms with E-state index in [2.05, 4.69) is 26.6 Å². The molecule has 2 fully saturated rings. The summed E-state index contributed by atoms with van der Waals surface area (Å²) in [5, 5.41) is 22.2. The van der Waals surface area contributed by atoms with Crippen LogP contribution in [0.2, 0.25) is 0 Å². The molecule has 186 valence electrons. The Kier molecular flexibility index (Phi) is 5.72. The van der Waals surface area contributed by atoms with Crippen LogP contribution in [0.1, 0.15) is 55.8 Å². The average molecular weight is 487 g/mol. The third-order valence-corrected chi connectivity index (χ3v) is 6.98. The van der Waals surface area contributed by atoms with Crippen LogP contribution >= 0.6 is 0 Å². The molecule has 4 heterocycles. The number of pyridine rings is 2. The molecule has 2 N–H and O–H groups in total. The fraction of sp³-hybridized carbons (Fsp3) is 0.407. The number of aromatic nitrogens is 5. The highest BCUT2D eigenvalue weighted by molar-refractivity contribution is 5.75. The molecule has 2 aliphatic rings. The molecule has 4 aromatic heterocycles. The maximum Gasteiger partial charge on any atom is 0.270 e. The predicted molar refractivity (Wildman–Crippen MR) is 137 cm³/mol. The number of fused-ring (bicyclic) bond motifs is 1. The van der Waals surface area contributed by atoms with Gasteiger partial charge in [-0.1, -0.05) is 0 Å². The van der Waals surface area contributed by atoms with E-state index in [0.29, 0.717) is 17.2 Å². The molecule has 0 amide bonds. The fourth-order valence-electron chi connectivity index (χ4n) is 4.83. The number of anilines is 2. The summed E-state index contributed by atoms with van der Waals surface area (Å²) in [7, 11) is 0. The van der Waals surface area contributed by atoms with Gasteiger partial charge in [0.2, 0.25) is 0 Å². The summed E-state index contributed by atoms with van der Waals surface area (Å²) >= 11 is 0. The molecule has 0 atom stereocenters. The van der Waals surface area contributed by atoms with Crippen molar-refractivity contribution in [3.05, 3.63) is 64.3 Å². The van der Waals surface area contributed by atoms with Gasteiger partial charge in [0.1, 0.15) is 5.75 Å². The lowest BCUT2D eigenvalue weighted by Gasteiger charge is -2.27. The number of nitrogens with one attached hydrogen (secondary N) is 1. The number of hydrogen-bond acceptors (Lipinski definition) is 7. The van der Waals surface area contributed by atoms with Crippen molar-refractivity contribution in [3.8, 4) is 16.9 Å². The molecule has 0 aromatic carbocycles. The molecule has 0 aliphatic heterocycles. The summed E-state index contributed by atoms with van der Waals surface area (Å²) in [5.74, 6) is 2.02. The molecule has 9 nitrogen and oxygen atoms in total. The van der Waals surface area contributed by atoms with Crippen molar-refractivity contribution in [2.45, 2.75) is 70.6 Å². The third-order valence-electron chi connectivity index (χ3n) is 6.98. The Morgan fingerprint density at radius 1 is 1.00 bits per heavy atom. The maximum absolute atomic E-state index is 12.4. The van der Waals surface area contributed by atoms with Gasteiger partial charge in [0.25, 0.3) is 5.56 Å². The first-order valence-electron chi connectivity index (χ1n) is 12.6. The number of nitrogens with zero attached hydrogens (tertiary/aromatic N) is 5. The zero-order chi connectivity index (χ0) is 24.8. The van der Waals surface area contributed by atoms with E-state index in [9.17, 15) is 9.90 Å². The first-order valence-corrected chi connectivity index (χ1v) is 12.6. The van der Waals surface area contributed by atoms with Gasteiger partial charge in [0.05, 0.1) is 30.0 Å². The lowest BCUT2D eigenvalue weighted by molar-refractivity contribution is 0.0667. The van der Waals surface area contributed by atoms with E-state index in [4.69, 9.17) is 4.74 Å². The fourth-order valence-corrected chi connectivity index (χ4v) is 4.83. The first kappa shape index (κ1) is 22.7. The largest absolute Gasteiger partial charge is 0.488 e. The minimum Gasteiger partial charge on any atom is -0.488 e. The van der Waals surface area contributed by atoms with Crippen LogP contribution in [0.3, 0.4) is 0 Å². The normalized spacial score (nSPS) is 20.0. The zero-order valence-corrected chi connectivity index (χ0v) is 20.5. The van der Waals surface area contributed by atoms with Crippen LogP contribution in [0.15, 0.2) is 47.5 Å². The van der Waals surface area contributed by atoms with Crippen molar-refractivity contribution in [1.82, 2.24) is 24.4 Å². The topological polar surface area (TPSA) is 107 Å². The Balaban J connectivity index is 1.28. The van der Waals surface area contributed by atoms with Crippen LogP contribution in [0.4, 0.5) is 11.6 Å². The summed E-state index contributed by atoms with van der Waals surface area (Å²) < 4.78 is 9.75. The summed E-state index contributed by atoms with van der Waals surface area (Å²) in [5.41, 5.74) is 4.47. The van der Waals surface area contributed by atoms with E-state index >= 15 is 0 Å². The molecule has 36 heavy (non-hydrogen) atoms. The van der Waals surface area contributed by atoms with Gasteiger partial charge in [-0.15, -0.1) is 0 Å². The van der Waals surface area contributed by atoms with E-state index in [1.165, 1.54) is 0 Å². The van der Waals surface area contributed by atoms with Crippen LogP contribution in [-0.4, -0.2) is 41.7 Å². The number of hydrogen-bond donors (Lipinski definition) is 2. The quantitative estimate of drug-likeness (QED) is 0.418. The van der Waals surface area contributed by atoms with Gasteiger partial charge in [-0.3, -0.25) is 9.78 Å². The van der Waals surface area contributed by atoms with Gasteiger partial charge >= 0.3 is 0 Å². The van der Waals surface area contributed by atoms with E-state index in [1.807, 2.05) is 42.8 Å². The van der Waals surface area contributed by atoms with E-state index in [-0.39, 0.29) is 23.8 Å². The summed E-state index contributed by atoms with van der Waals surface area (Å²) in [6.45, 7) is 3.79. The van der Waals surface area contributed by atoms with Gasteiger partial charge in [-0.25, -0.2) is 9.20 Å². The SMILES string of the molecule is Cc1cc(-c2ccn3nc(Nc4cc(C)c(=O)n(C5CC5)n4)cc3c2)c(OC2CCC(O)CC2)cn1. The Morgan fingerprint density at radius 3 is 2.56 bits per heavy atom. The smallest absolute Gasteiger partial charge is 0.270 e. The average Bonchev–Trinajstić information content (AvgIpc) is 3.63. The van der Waals surface area contributed by atoms with Crippen LogP contribution in [0.5, 0.6) is 5.75 Å². The molecule has 6 rings (SSSR count). The van der Waals surface area contributed by atoms with E-state index in [1.54, 1.807) is 16.9 Å². The highest BCUT2D eigenvalue weighted by Crippen LogP contribution is 2.35. The van der Waals surface area contributed by atoms with Gasteiger partial charge in [0, 0.05) is 29.1 Å². The highest BCUT2D eigenvalue weighted by Gasteiger charge is 2.27. The van der Waals surface area contributed by atoms with Crippen LogP contribution in [0.25, 0.3) is 16.6 Å². The highest BCUT2D eigenvalue weighted by atomic mass is 16.5. The van der Waals surface area contributed by atoms with Crippen LogP contribution in [0, 0.1) is 13.8 Å². The van der Waals surface area contributed by atoms with Gasteiger partial charge in [0.15, 0.2) is 11.6 Å². The lowest BCUT2D eigenvalue weighted by Crippen LogP contribution is -2.26. The van der Waals surface area contributed by atoms with Crippen LogP contribution in [-0.2, 0) is 0 Å². The Bertz CT molecular complexity index is 1480. The molecule has 0 spiro atoms. The Labute approximate surface area is 208 Å². The minimum atomic E-state index is -0.219. The van der Waals surface area contributed by atoms with Gasteiger partial charge in [-0.2, -0.15) is 10.2 Å². The predicted octanol–water partition coefficient (Wildman–Crippen LogP) is 4.33. The minimum absolute atomic E-state index is 0.0298. The summed E-state index contributed by atoms with van der Waals surface area (Å²) in [4.78, 5) is 16.8. The van der Waals surface area contributed by atoms with Crippen LogP contribution < -0.4 is 15.6 Å². The van der Waals surface area contributed by atoms with Crippen molar-refractivity contribution in [2.24, 2.45) is 0 Å². The van der Waals surface area contributed by atoms with E-state index in [0.717, 1.165) is 66.6 Å². The Hall–Kier alpha value is -3.72. The van der Waals surface area contributed by atoms with Crippen molar-refractivity contribution in [2.75, 3.05) is 5.32 Å². The van der Waals surface area contributed by atoms with Crippen molar-refractivity contribution >= 4 is 17.2 Å². The van der Waals surface area contributed by atoms with Crippen molar-refractivity contribution in [1.29, 1.82) is 0 Å². The second-order valence-corrected chi connectivity index (χ2v) is 10.0. The molecule has 4 aromatic rings. The monoisotopic (exact) mass is 486 g/mol. The molecule has 2 aliphatic carbocycles. The van der Waals surface area contributed by atoms with Gasteiger partial charge in [-0.05, 0) is 82.2 Å². The standard InChI is InChI=1S/C27H30N6O3/c1-16-11-25(31-33(27(16)35)19-3-4-19)29-26-14-20-13-18(9-10-32(20)30-26)23-12-17(2)28-15-24(23)36-22-7-5-21(34)6-8-22/h9-15,19,21-22,34H,3-8H2,1-2H3,(H,29,30,31). The number of aliphatic hydroxyl groups is 1. The lowest BCUT2D eigenvalue weighted by atomic mass is 9.95. The molecule has 2 saturated carbocycles. The summed E-state index contributed by atoms with van der Waals surface area (Å²) in [6, 6.07) is 10.1. The second-order valence-electron chi connectivity index (χ2n) is 10.0. The number of ether oxygens (including phenoxy) is 1. The molecule has 9 heteroatoms. The number of aryl methyl sites for hydroxylation is 2. The molecule has 0 bridgehead atoms. The number of aliphatic hydroxyl groups excluding tert-OH is 1. The molecular weight excluding hydrogens is 456 g/mol. The van der Waals surface area contributed by atoms with Gasteiger partial charge < -0.3 is 15.2 Å². The molecule has 0 unspecified atom stereocenters. The molecule has 0 radical (unpaired) electrons. The molecular formula is C27H30N6O3. The van der Waals surface area contributed by atoms with E-state index < -0.39 is 0 Å². The zero-order valence-electron chi connectivity index (χ0n) is 20.5. The second kappa shape index (κ2) is 9.05. The van der Waals surface area contributed by atoms with Crippen molar-refractivity contribution in [3.63, 3.8) is 0 Å². The third kappa shape index (κ3) is 4.58.